The van der Waals surface area contributed by atoms with E-state index in [1.54, 1.807) is 11.3 Å². The quantitative estimate of drug-likeness (QED) is 0.742. The topological polar surface area (TPSA) is 29.9 Å². The molecular formula is C15H14BrN3S. The fourth-order valence-corrected chi connectivity index (χ4v) is 3.16. The van der Waals surface area contributed by atoms with Gasteiger partial charge in [-0.3, -0.25) is 4.68 Å². The molecule has 0 aliphatic carbocycles. The Morgan fingerprint density at radius 2 is 2.05 bits per heavy atom. The lowest BCUT2D eigenvalue weighted by atomic mass is 10.2. The van der Waals surface area contributed by atoms with Gasteiger partial charge in [0.15, 0.2) is 0 Å². The lowest BCUT2D eigenvalue weighted by molar-refractivity contribution is 0.687. The van der Waals surface area contributed by atoms with E-state index in [-0.39, 0.29) is 0 Å². The first-order valence-corrected chi connectivity index (χ1v) is 8.00. The summed E-state index contributed by atoms with van der Waals surface area (Å²) < 4.78 is 3.11. The van der Waals surface area contributed by atoms with Gasteiger partial charge in [-0.1, -0.05) is 30.3 Å². The van der Waals surface area contributed by atoms with Crippen molar-refractivity contribution in [3.8, 4) is 0 Å². The van der Waals surface area contributed by atoms with Crippen molar-refractivity contribution in [1.29, 1.82) is 0 Å². The monoisotopic (exact) mass is 347 g/mol. The molecule has 5 heteroatoms. The normalized spacial score (nSPS) is 10.7. The van der Waals surface area contributed by atoms with E-state index >= 15 is 0 Å². The molecule has 0 saturated heterocycles. The van der Waals surface area contributed by atoms with Crippen LogP contribution in [0.15, 0.2) is 58.0 Å². The molecule has 3 nitrogen and oxygen atoms in total. The number of benzene rings is 1. The zero-order valence-electron chi connectivity index (χ0n) is 10.8. The second-order valence-electron chi connectivity index (χ2n) is 4.52. The summed E-state index contributed by atoms with van der Waals surface area (Å²) in [7, 11) is 0. The van der Waals surface area contributed by atoms with Gasteiger partial charge in [-0.2, -0.15) is 5.10 Å². The van der Waals surface area contributed by atoms with Gasteiger partial charge < -0.3 is 5.32 Å². The van der Waals surface area contributed by atoms with E-state index in [1.807, 2.05) is 35.3 Å². The summed E-state index contributed by atoms with van der Waals surface area (Å²) in [6.45, 7) is 1.62. The van der Waals surface area contributed by atoms with Crippen molar-refractivity contribution in [3.05, 3.63) is 69.1 Å². The minimum atomic E-state index is 0.798. The SMILES string of the molecule is Brc1cc(CNc2cnn(Cc3ccccc3)c2)cs1. The summed E-state index contributed by atoms with van der Waals surface area (Å²) >= 11 is 5.18. The van der Waals surface area contributed by atoms with Gasteiger partial charge in [0, 0.05) is 12.7 Å². The molecule has 0 radical (unpaired) electrons. The number of nitrogens with zero attached hydrogens (tertiary/aromatic N) is 2. The number of thiophene rings is 1. The molecule has 3 rings (SSSR count). The van der Waals surface area contributed by atoms with Crippen LogP contribution in [0.1, 0.15) is 11.1 Å². The second-order valence-corrected chi connectivity index (χ2v) is 6.82. The highest BCUT2D eigenvalue weighted by atomic mass is 79.9. The molecule has 0 unspecified atom stereocenters. The Hall–Kier alpha value is -1.59. The molecule has 0 amide bonds. The second kappa shape index (κ2) is 6.24. The maximum atomic E-state index is 4.38. The molecule has 0 saturated carbocycles. The molecule has 2 aromatic heterocycles. The molecule has 0 aliphatic heterocycles. The van der Waals surface area contributed by atoms with Gasteiger partial charge in [0.1, 0.15) is 0 Å². The summed E-state index contributed by atoms with van der Waals surface area (Å²) in [6.07, 6.45) is 3.90. The zero-order chi connectivity index (χ0) is 13.8. The van der Waals surface area contributed by atoms with E-state index < -0.39 is 0 Å². The van der Waals surface area contributed by atoms with Crippen LogP contribution in [0, 0.1) is 0 Å². The molecule has 2 heterocycles. The Labute approximate surface area is 130 Å². The molecule has 0 bridgehead atoms. The van der Waals surface area contributed by atoms with Crippen LogP contribution < -0.4 is 5.32 Å². The molecule has 20 heavy (non-hydrogen) atoms. The Morgan fingerprint density at radius 1 is 1.20 bits per heavy atom. The maximum absolute atomic E-state index is 4.38. The predicted octanol–water partition coefficient (Wildman–Crippen LogP) is 4.37. The lowest BCUT2D eigenvalue weighted by Crippen LogP contribution is -2.00. The van der Waals surface area contributed by atoms with Crippen molar-refractivity contribution in [3.63, 3.8) is 0 Å². The third-order valence-electron chi connectivity index (χ3n) is 2.94. The van der Waals surface area contributed by atoms with Gasteiger partial charge in [-0.25, -0.2) is 0 Å². The van der Waals surface area contributed by atoms with Gasteiger partial charge in [0.25, 0.3) is 0 Å². The largest absolute Gasteiger partial charge is 0.378 e. The van der Waals surface area contributed by atoms with E-state index in [0.29, 0.717) is 0 Å². The summed E-state index contributed by atoms with van der Waals surface area (Å²) in [5.74, 6) is 0. The molecule has 1 aromatic carbocycles. The van der Waals surface area contributed by atoms with Crippen molar-refractivity contribution in [2.45, 2.75) is 13.1 Å². The Balaban J connectivity index is 1.59. The van der Waals surface area contributed by atoms with Crippen LogP contribution in [-0.2, 0) is 13.1 Å². The van der Waals surface area contributed by atoms with E-state index in [0.717, 1.165) is 22.6 Å². The molecule has 0 atom stereocenters. The summed E-state index contributed by atoms with van der Waals surface area (Å²) in [6, 6.07) is 12.5. The molecule has 0 spiro atoms. The highest BCUT2D eigenvalue weighted by Gasteiger charge is 2.01. The highest BCUT2D eigenvalue weighted by molar-refractivity contribution is 9.11. The summed E-state index contributed by atoms with van der Waals surface area (Å²) in [5, 5.41) is 9.90. The van der Waals surface area contributed by atoms with Crippen molar-refractivity contribution >= 4 is 33.0 Å². The fourth-order valence-electron chi connectivity index (χ4n) is 1.95. The maximum Gasteiger partial charge on any atom is 0.0729 e. The third kappa shape index (κ3) is 3.49. The zero-order valence-corrected chi connectivity index (χ0v) is 13.2. The van der Waals surface area contributed by atoms with Gasteiger partial charge in [0.2, 0.25) is 0 Å². The molecular weight excluding hydrogens is 334 g/mol. The highest BCUT2D eigenvalue weighted by Crippen LogP contribution is 2.21. The minimum absolute atomic E-state index is 0.798. The van der Waals surface area contributed by atoms with Gasteiger partial charge in [-0.15, -0.1) is 11.3 Å². The number of anilines is 1. The number of hydrogen-bond donors (Lipinski definition) is 1. The first-order chi connectivity index (χ1) is 9.79. The molecule has 102 valence electrons. The average Bonchev–Trinajstić information content (AvgIpc) is 3.07. The number of nitrogens with one attached hydrogen (secondary N) is 1. The van der Waals surface area contributed by atoms with Crippen LogP contribution in [0.5, 0.6) is 0 Å². The van der Waals surface area contributed by atoms with Crippen LogP contribution in [0.2, 0.25) is 0 Å². The van der Waals surface area contributed by atoms with Crippen molar-refractivity contribution < 1.29 is 0 Å². The van der Waals surface area contributed by atoms with Crippen LogP contribution in [0.25, 0.3) is 0 Å². The molecule has 0 fully saturated rings. The van der Waals surface area contributed by atoms with Crippen LogP contribution in [0.3, 0.4) is 0 Å². The van der Waals surface area contributed by atoms with Gasteiger partial charge in [0.05, 0.1) is 22.2 Å². The number of rotatable bonds is 5. The standard InChI is InChI=1S/C15H14BrN3S/c16-15-6-13(11-20-15)7-17-14-8-18-19(10-14)9-12-4-2-1-3-5-12/h1-6,8,10-11,17H,7,9H2. The Morgan fingerprint density at radius 3 is 2.80 bits per heavy atom. The van der Waals surface area contributed by atoms with E-state index in [1.165, 1.54) is 11.1 Å². The number of aromatic nitrogens is 2. The number of hydrogen-bond acceptors (Lipinski definition) is 3. The minimum Gasteiger partial charge on any atom is -0.378 e. The first kappa shape index (κ1) is 13.4. The third-order valence-corrected chi connectivity index (χ3v) is 4.49. The molecule has 3 aromatic rings. The van der Waals surface area contributed by atoms with Crippen molar-refractivity contribution in [1.82, 2.24) is 9.78 Å². The fraction of sp³-hybridized carbons (Fsp3) is 0.133. The first-order valence-electron chi connectivity index (χ1n) is 6.33. The Kier molecular flexibility index (Phi) is 4.18. The molecule has 0 aliphatic rings. The van der Waals surface area contributed by atoms with Crippen LogP contribution in [-0.4, -0.2) is 9.78 Å². The lowest BCUT2D eigenvalue weighted by Gasteiger charge is -2.02. The van der Waals surface area contributed by atoms with Gasteiger partial charge >= 0.3 is 0 Å². The van der Waals surface area contributed by atoms with E-state index in [2.05, 4.69) is 49.9 Å². The predicted molar refractivity (Wildman–Crippen MR) is 87.1 cm³/mol. The van der Waals surface area contributed by atoms with E-state index in [9.17, 15) is 0 Å². The van der Waals surface area contributed by atoms with Crippen molar-refractivity contribution in [2.75, 3.05) is 5.32 Å². The van der Waals surface area contributed by atoms with Crippen LogP contribution in [0.4, 0.5) is 5.69 Å². The molecule has 1 N–H and O–H groups in total. The summed E-state index contributed by atoms with van der Waals surface area (Å²) in [4.78, 5) is 0. The smallest absolute Gasteiger partial charge is 0.0729 e. The van der Waals surface area contributed by atoms with Crippen LogP contribution >= 0.6 is 27.3 Å². The summed E-state index contributed by atoms with van der Waals surface area (Å²) in [5.41, 5.74) is 3.57. The Bertz CT molecular complexity index is 675. The number of halogens is 1. The average molecular weight is 348 g/mol. The van der Waals surface area contributed by atoms with Gasteiger partial charge in [-0.05, 0) is 38.5 Å². The van der Waals surface area contributed by atoms with Crippen molar-refractivity contribution in [2.24, 2.45) is 0 Å². The van der Waals surface area contributed by atoms with E-state index in [4.69, 9.17) is 0 Å².